The fourth-order valence-corrected chi connectivity index (χ4v) is 1.30. The molecule has 0 amide bonds. The van der Waals surface area contributed by atoms with Crippen LogP contribution < -0.4 is 10.1 Å². The molecule has 5 heteroatoms. The highest BCUT2D eigenvalue weighted by Gasteiger charge is 2.06. The van der Waals surface area contributed by atoms with Gasteiger partial charge < -0.3 is 10.1 Å². The lowest BCUT2D eigenvalue weighted by molar-refractivity contribution is 0.0795. The second-order valence-electron chi connectivity index (χ2n) is 4.13. The number of rotatable bonds is 6. The highest BCUT2D eigenvalue weighted by molar-refractivity contribution is 5.24. The summed E-state index contributed by atoms with van der Waals surface area (Å²) in [5.74, 6) is 0.246. The number of hydrogen-bond acceptors (Lipinski definition) is 3. The molecule has 0 bridgehead atoms. The van der Waals surface area contributed by atoms with Gasteiger partial charge in [-0.1, -0.05) is 19.9 Å². The predicted molar refractivity (Wildman–Crippen MR) is 62.4 cm³/mol. The molecule has 17 heavy (non-hydrogen) atoms. The molecule has 0 atom stereocenters. The standard InChI is InChI=1S/C12H18F2N2O/c1-8(2)15-6-10-4-5-12(16-9(10)3)17-7-11(13)14/h4-5,8,11,15H,6-7H2,1-3H3. The van der Waals surface area contributed by atoms with Gasteiger partial charge in [-0.15, -0.1) is 0 Å². The quantitative estimate of drug-likeness (QED) is 0.835. The first-order valence-electron chi connectivity index (χ1n) is 5.60. The highest BCUT2D eigenvalue weighted by Crippen LogP contribution is 2.13. The van der Waals surface area contributed by atoms with Crippen LogP contribution >= 0.6 is 0 Å². The normalized spacial score (nSPS) is 11.2. The second kappa shape index (κ2) is 6.49. The Kier molecular flexibility index (Phi) is 5.28. The first-order chi connectivity index (χ1) is 7.99. The third-order valence-corrected chi connectivity index (χ3v) is 2.23. The molecular formula is C12H18F2N2O. The van der Waals surface area contributed by atoms with E-state index in [1.165, 1.54) is 0 Å². The molecule has 0 saturated carbocycles. The summed E-state index contributed by atoms with van der Waals surface area (Å²) in [5, 5.41) is 3.27. The van der Waals surface area contributed by atoms with E-state index >= 15 is 0 Å². The van der Waals surface area contributed by atoms with Crippen molar-refractivity contribution in [3.05, 3.63) is 23.4 Å². The van der Waals surface area contributed by atoms with Crippen molar-refractivity contribution in [1.29, 1.82) is 0 Å². The highest BCUT2D eigenvalue weighted by atomic mass is 19.3. The van der Waals surface area contributed by atoms with Crippen LogP contribution in [0.1, 0.15) is 25.1 Å². The number of halogens is 2. The molecule has 0 aromatic carbocycles. The van der Waals surface area contributed by atoms with Crippen molar-refractivity contribution in [3.63, 3.8) is 0 Å². The van der Waals surface area contributed by atoms with Gasteiger partial charge in [0, 0.05) is 24.3 Å². The third-order valence-electron chi connectivity index (χ3n) is 2.23. The van der Waals surface area contributed by atoms with Gasteiger partial charge in [0.15, 0.2) is 6.61 Å². The lowest BCUT2D eigenvalue weighted by Gasteiger charge is -2.11. The van der Waals surface area contributed by atoms with Crippen LogP contribution in [-0.2, 0) is 6.54 Å². The molecule has 1 N–H and O–H groups in total. The lowest BCUT2D eigenvalue weighted by Crippen LogP contribution is -2.22. The van der Waals surface area contributed by atoms with Crippen molar-refractivity contribution in [3.8, 4) is 5.88 Å². The Labute approximate surface area is 100 Å². The second-order valence-corrected chi connectivity index (χ2v) is 4.13. The van der Waals surface area contributed by atoms with Gasteiger partial charge in [-0.25, -0.2) is 13.8 Å². The first kappa shape index (κ1) is 13.8. The Balaban J connectivity index is 2.59. The summed E-state index contributed by atoms with van der Waals surface area (Å²) in [7, 11) is 0. The summed E-state index contributed by atoms with van der Waals surface area (Å²) in [5.41, 5.74) is 1.84. The lowest BCUT2D eigenvalue weighted by atomic mass is 10.2. The van der Waals surface area contributed by atoms with Crippen molar-refractivity contribution in [2.45, 2.75) is 39.8 Å². The number of ether oxygens (including phenoxy) is 1. The third kappa shape index (κ3) is 5.08. The fourth-order valence-electron chi connectivity index (χ4n) is 1.30. The van der Waals surface area contributed by atoms with E-state index in [2.05, 4.69) is 24.1 Å². The SMILES string of the molecule is Cc1nc(OCC(F)F)ccc1CNC(C)C. The largest absolute Gasteiger partial charge is 0.472 e. The van der Waals surface area contributed by atoms with Crippen molar-refractivity contribution >= 4 is 0 Å². The Hall–Kier alpha value is -1.23. The molecule has 96 valence electrons. The number of hydrogen-bond donors (Lipinski definition) is 1. The van der Waals surface area contributed by atoms with Gasteiger partial charge in [0.05, 0.1) is 0 Å². The summed E-state index contributed by atoms with van der Waals surface area (Å²) >= 11 is 0. The van der Waals surface area contributed by atoms with Crippen LogP contribution in [0.25, 0.3) is 0 Å². The molecule has 1 aromatic heterocycles. The van der Waals surface area contributed by atoms with E-state index in [0.717, 1.165) is 11.3 Å². The number of aromatic nitrogens is 1. The molecule has 0 radical (unpaired) electrons. The van der Waals surface area contributed by atoms with Gasteiger partial charge in [0.2, 0.25) is 5.88 Å². The molecule has 0 spiro atoms. The van der Waals surface area contributed by atoms with Gasteiger partial charge in [0.25, 0.3) is 6.43 Å². The zero-order valence-corrected chi connectivity index (χ0v) is 10.3. The number of nitrogens with one attached hydrogen (secondary N) is 1. The van der Waals surface area contributed by atoms with E-state index in [9.17, 15) is 8.78 Å². The van der Waals surface area contributed by atoms with E-state index in [1.54, 1.807) is 6.07 Å². The van der Waals surface area contributed by atoms with Gasteiger partial charge in [-0.2, -0.15) is 0 Å². The van der Waals surface area contributed by atoms with E-state index in [4.69, 9.17) is 4.74 Å². The Morgan fingerprint density at radius 1 is 1.35 bits per heavy atom. The Morgan fingerprint density at radius 2 is 2.06 bits per heavy atom. The minimum Gasteiger partial charge on any atom is -0.472 e. The van der Waals surface area contributed by atoms with Crippen LogP contribution in [0.2, 0.25) is 0 Å². The maximum absolute atomic E-state index is 11.9. The van der Waals surface area contributed by atoms with Gasteiger partial charge in [-0.05, 0) is 12.5 Å². The summed E-state index contributed by atoms with van der Waals surface area (Å²) < 4.78 is 28.7. The monoisotopic (exact) mass is 244 g/mol. The summed E-state index contributed by atoms with van der Waals surface area (Å²) in [4.78, 5) is 4.13. The minimum atomic E-state index is -2.47. The molecule has 1 rings (SSSR count). The molecular weight excluding hydrogens is 226 g/mol. The molecule has 0 saturated heterocycles. The number of alkyl halides is 2. The van der Waals surface area contributed by atoms with E-state index in [1.807, 2.05) is 13.0 Å². The topological polar surface area (TPSA) is 34.1 Å². The van der Waals surface area contributed by atoms with Crippen LogP contribution in [0.3, 0.4) is 0 Å². The number of nitrogens with zero attached hydrogens (tertiary/aromatic N) is 1. The summed E-state index contributed by atoms with van der Waals surface area (Å²) in [6.07, 6.45) is -2.47. The maximum Gasteiger partial charge on any atom is 0.272 e. The van der Waals surface area contributed by atoms with Gasteiger partial charge in [-0.3, -0.25) is 0 Å². The van der Waals surface area contributed by atoms with Crippen molar-refractivity contribution in [1.82, 2.24) is 10.3 Å². The van der Waals surface area contributed by atoms with Crippen molar-refractivity contribution in [2.24, 2.45) is 0 Å². The van der Waals surface area contributed by atoms with Crippen LogP contribution in [0, 0.1) is 6.92 Å². The van der Waals surface area contributed by atoms with Gasteiger partial charge >= 0.3 is 0 Å². The predicted octanol–water partition coefficient (Wildman–Crippen LogP) is 2.53. The first-order valence-corrected chi connectivity index (χ1v) is 5.60. The van der Waals surface area contributed by atoms with Crippen LogP contribution in [0.15, 0.2) is 12.1 Å². The van der Waals surface area contributed by atoms with E-state index in [0.29, 0.717) is 12.6 Å². The maximum atomic E-state index is 11.9. The van der Waals surface area contributed by atoms with Crippen LogP contribution in [-0.4, -0.2) is 24.1 Å². The molecule has 0 unspecified atom stereocenters. The Morgan fingerprint density at radius 3 is 2.59 bits per heavy atom. The summed E-state index contributed by atoms with van der Waals surface area (Å²) in [6, 6.07) is 3.86. The zero-order valence-electron chi connectivity index (χ0n) is 10.3. The van der Waals surface area contributed by atoms with Crippen LogP contribution in [0.4, 0.5) is 8.78 Å². The van der Waals surface area contributed by atoms with Crippen molar-refractivity contribution < 1.29 is 13.5 Å². The molecule has 0 fully saturated rings. The molecule has 1 heterocycles. The van der Waals surface area contributed by atoms with E-state index < -0.39 is 13.0 Å². The average molecular weight is 244 g/mol. The van der Waals surface area contributed by atoms with Gasteiger partial charge in [0.1, 0.15) is 0 Å². The number of pyridine rings is 1. The average Bonchev–Trinajstić information content (AvgIpc) is 2.24. The Bertz CT molecular complexity index is 356. The van der Waals surface area contributed by atoms with Crippen LogP contribution in [0.5, 0.6) is 5.88 Å². The van der Waals surface area contributed by atoms with E-state index in [-0.39, 0.29) is 5.88 Å². The zero-order chi connectivity index (χ0) is 12.8. The molecule has 0 aliphatic carbocycles. The molecule has 0 aliphatic rings. The smallest absolute Gasteiger partial charge is 0.272 e. The number of aryl methyl sites for hydroxylation is 1. The molecule has 1 aromatic rings. The molecule has 3 nitrogen and oxygen atoms in total. The van der Waals surface area contributed by atoms with Crippen molar-refractivity contribution in [2.75, 3.05) is 6.61 Å². The summed E-state index contributed by atoms with van der Waals surface area (Å²) in [6.45, 7) is 6.06. The minimum absolute atomic E-state index is 0.246. The fraction of sp³-hybridized carbons (Fsp3) is 0.583. The molecule has 0 aliphatic heterocycles.